The smallest absolute Gasteiger partial charge is 0.303 e. The van der Waals surface area contributed by atoms with Gasteiger partial charge in [-0.25, -0.2) is 0 Å². The number of carbonyl (C=O) groups excluding carboxylic acids is 2. The van der Waals surface area contributed by atoms with E-state index in [1.54, 1.807) is 24.3 Å². The van der Waals surface area contributed by atoms with Crippen LogP contribution in [0.5, 0.6) is 5.75 Å². The Balaban J connectivity index is 1.98. The Labute approximate surface area is 199 Å². The highest BCUT2D eigenvalue weighted by molar-refractivity contribution is 6.46. The molecule has 34 heavy (non-hydrogen) atoms. The molecule has 2 aromatic carbocycles. The number of unbranched alkanes of at least 4 members (excludes halogenated alkanes) is 2. The molecule has 1 aliphatic rings. The second-order valence-electron chi connectivity index (χ2n) is 8.75. The van der Waals surface area contributed by atoms with E-state index in [2.05, 4.69) is 13.8 Å². The van der Waals surface area contributed by atoms with Crippen LogP contribution < -0.4 is 4.74 Å². The summed E-state index contributed by atoms with van der Waals surface area (Å²) < 4.78 is 5.17. The number of likely N-dealkylation sites (tertiary alicyclic amines) is 1. The number of aliphatic hydroxyl groups excluding tert-OH is 1. The molecule has 0 spiro atoms. The number of hydrogen-bond donors (Lipinski definition) is 2. The van der Waals surface area contributed by atoms with Crippen molar-refractivity contribution in [3.63, 3.8) is 0 Å². The summed E-state index contributed by atoms with van der Waals surface area (Å²) in [5.41, 5.74) is 2.34. The van der Waals surface area contributed by atoms with E-state index in [1.807, 2.05) is 24.3 Å². The van der Waals surface area contributed by atoms with Crippen molar-refractivity contribution in [1.82, 2.24) is 4.90 Å². The lowest BCUT2D eigenvalue weighted by Crippen LogP contribution is -2.30. The molecule has 0 bridgehead atoms. The van der Waals surface area contributed by atoms with Gasteiger partial charge in [-0.2, -0.15) is 0 Å². The van der Waals surface area contributed by atoms with Crippen LogP contribution in [0.1, 0.15) is 68.2 Å². The lowest BCUT2D eigenvalue weighted by Gasteiger charge is -2.25. The molecule has 180 valence electrons. The van der Waals surface area contributed by atoms with Crippen LogP contribution in [0.3, 0.4) is 0 Å². The van der Waals surface area contributed by atoms with Gasteiger partial charge < -0.3 is 19.8 Å². The summed E-state index contributed by atoms with van der Waals surface area (Å²) in [4.78, 5) is 38.3. The number of carboxylic acid groups (broad SMARTS) is 1. The van der Waals surface area contributed by atoms with Gasteiger partial charge in [0.2, 0.25) is 0 Å². The SMILES string of the molecule is COc1ccc(C(O)=C2C(=O)C(=O)N(CCCCCC(=O)O)[C@H]2c2ccc(C(C)C)cc2)cc1. The van der Waals surface area contributed by atoms with E-state index in [9.17, 15) is 19.5 Å². The molecule has 1 amide bonds. The Kier molecular flexibility index (Phi) is 8.10. The van der Waals surface area contributed by atoms with E-state index >= 15 is 0 Å². The average molecular weight is 466 g/mol. The summed E-state index contributed by atoms with van der Waals surface area (Å²) in [5, 5.41) is 19.9. The minimum absolute atomic E-state index is 0.0537. The van der Waals surface area contributed by atoms with Crippen LogP contribution in [0.2, 0.25) is 0 Å². The first-order valence-corrected chi connectivity index (χ1v) is 11.5. The van der Waals surface area contributed by atoms with Crippen LogP contribution in [0.15, 0.2) is 54.1 Å². The first kappa shape index (κ1) is 25.0. The molecule has 0 saturated carbocycles. The van der Waals surface area contributed by atoms with Gasteiger partial charge in [-0.3, -0.25) is 14.4 Å². The number of hydrogen-bond acceptors (Lipinski definition) is 5. The number of methoxy groups -OCH3 is 1. The molecule has 2 aromatic rings. The van der Waals surface area contributed by atoms with Gasteiger partial charge in [0.15, 0.2) is 0 Å². The van der Waals surface area contributed by atoms with E-state index < -0.39 is 23.7 Å². The van der Waals surface area contributed by atoms with Gasteiger partial charge in [0.25, 0.3) is 11.7 Å². The monoisotopic (exact) mass is 465 g/mol. The third-order valence-corrected chi connectivity index (χ3v) is 6.11. The highest BCUT2D eigenvalue weighted by Crippen LogP contribution is 2.40. The molecule has 0 unspecified atom stereocenters. The Morgan fingerprint density at radius 1 is 0.971 bits per heavy atom. The van der Waals surface area contributed by atoms with Gasteiger partial charge in [-0.05, 0) is 54.2 Å². The lowest BCUT2D eigenvalue weighted by molar-refractivity contribution is -0.140. The highest BCUT2D eigenvalue weighted by Gasteiger charge is 2.45. The molecular formula is C27H31NO6. The van der Waals surface area contributed by atoms with Crippen LogP contribution in [-0.2, 0) is 14.4 Å². The van der Waals surface area contributed by atoms with Crippen molar-refractivity contribution in [2.75, 3.05) is 13.7 Å². The van der Waals surface area contributed by atoms with E-state index in [4.69, 9.17) is 9.84 Å². The molecule has 0 aliphatic carbocycles. The van der Waals surface area contributed by atoms with Gasteiger partial charge in [-0.15, -0.1) is 0 Å². The predicted molar refractivity (Wildman–Crippen MR) is 129 cm³/mol. The molecule has 1 atom stereocenters. The number of carbonyl (C=O) groups is 3. The maximum Gasteiger partial charge on any atom is 0.303 e. The van der Waals surface area contributed by atoms with Gasteiger partial charge >= 0.3 is 5.97 Å². The summed E-state index contributed by atoms with van der Waals surface area (Å²) in [5.74, 6) is -1.53. The van der Waals surface area contributed by atoms with Gasteiger partial charge in [0.1, 0.15) is 11.5 Å². The molecular weight excluding hydrogens is 434 g/mol. The third kappa shape index (κ3) is 5.47. The van der Waals surface area contributed by atoms with E-state index in [-0.39, 0.29) is 17.8 Å². The predicted octanol–water partition coefficient (Wildman–Crippen LogP) is 4.89. The Morgan fingerprint density at radius 2 is 1.62 bits per heavy atom. The number of amides is 1. The molecule has 2 N–H and O–H groups in total. The molecule has 1 heterocycles. The van der Waals surface area contributed by atoms with E-state index in [0.29, 0.717) is 43.0 Å². The standard InChI is InChI=1S/C27H31NO6/c1-17(2)18-8-10-19(11-9-18)24-23(25(31)20-12-14-21(34-3)15-13-20)26(32)27(33)28(24)16-6-4-5-7-22(29)30/h8-15,17,24,31H,4-7,16H2,1-3H3,(H,29,30)/t24-/m0/s1. The number of benzene rings is 2. The van der Waals surface area contributed by atoms with Crippen molar-refractivity contribution in [3.8, 4) is 5.75 Å². The number of ketones is 1. The number of aliphatic carboxylic acids is 1. The first-order valence-electron chi connectivity index (χ1n) is 11.5. The van der Waals surface area contributed by atoms with Crippen molar-refractivity contribution in [3.05, 3.63) is 70.8 Å². The van der Waals surface area contributed by atoms with Crippen LogP contribution in [0.25, 0.3) is 5.76 Å². The van der Waals surface area contributed by atoms with E-state index in [1.165, 1.54) is 12.0 Å². The van der Waals surface area contributed by atoms with Crippen molar-refractivity contribution in [2.45, 2.75) is 51.5 Å². The second kappa shape index (κ2) is 11.0. The van der Waals surface area contributed by atoms with Crippen molar-refractivity contribution < 1.29 is 29.3 Å². The number of Topliss-reactive ketones (excluding diaryl/α,β-unsaturated/α-hetero) is 1. The van der Waals surface area contributed by atoms with Crippen molar-refractivity contribution in [1.29, 1.82) is 0 Å². The van der Waals surface area contributed by atoms with Crippen LogP contribution in [-0.4, -0.2) is 46.4 Å². The maximum absolute atomic E-state index is 13.1. The average Bonchev–Trinajstić information content (AvgIpc) is 3.08. The third-order valence-electron chi connectivity index (χ3n) is 6.11. The summed E-state index contributed by atoms with van der Waals surface area (Å²) in [6.45, 7) is 4.46. The maximum atomic E-state index is 13.1. The van der Waals surface area contributed by atoms with Gasteiger partial charge in [0, 0.05) is 18.5 Å². The molecule has 1 aliphatic heterocycles. The number of aliphatic hydroxyl groups is 1. The minimum atomic E-state index is -0.856. The summed E-state index contributed by atoms with van der Waals surface area (Å²) >= 11 is 0. The zero-order valence-corrected chi connectivity index (χ0v) is 19.8. The zero-order chi connectivity index (χ0) is 24.8. The molecule has 0 radical (unpaired) electrons. The van der Waals surface area contributed by atoms with Gasteiger partial charge in [0.05, 0.1) is 18.7 Å². The van der Waals surface area contributed by atoms with Gasteiger partial charge in [-0.1, -0.05) is 44.5 Å². The van der Waals surface area contributed by atoms with Crippen molar-refractivity contribution >= 4 is 23.4 Å². The molecule has 7 heteroatoms. The Hall–Kier alpha value is -3.61. The number of ether oxygens (including phenoxy) is 1. The number of rotatable bonds is 10. The minimum Gasteiger partial charge on any atom is -0.507 e. The quantitative estimate of drug-likeness (QED) is 0.224. The van der Waals surface area contributed by atoms with Crippen molar-refractivity contribution in [2.24, 2.45) is 0 Å². The zero-order valence-electron chi connectivity index (χ0n) is 19.8. The molecule has 1 saturated heterocycles. The normalized spacial score (nSPS) is 17.4. The Morgan fingerprint density at radius 3 is 2.18 bits per heavy atom. The van der Waals surface area contributed by atoms with Crippen LogP contribution in [0, 0.1) is 0 Å². The summed E-state index contributed by atoms with van der Waals surface area (Å²) in [6, 6.07) is 13.7. The van der Waals surface area contributed by atoms with Crippen LogP contribution in [0.4, 0.5) is 0 Å². The topological polar surface area (TPSA) is 104 Å². The molecule has 0 aromatic heterocycles. The fourth-order valence-corrected chi connectivity index (χ4v) is 4.16. The number of carboxylic acids is 1. The molecule has 3 rings (SSSR count). The van der Waals surface area contributed by atoms with E-state index in [0.717, 1.165) is 11.1 Å². The fraction of sp³-hybridized carbons (Fsp3) is 0.370. The molecule has 7 nitrogen and oxygen atoms in total. The number of nitrogens with zero attached hydrogens (tertiary/aromatic N) is 1. The first-order chi connectivity index (χ1) is 16.2. The molecule has 1 fully saturated rings. The summed E-state index contributed by atoms with van der Waals surface area (Å²) in [6.07, 6.45) is 1.74. The fourth-order valence-electron chi connectivity index (χ4n) is 4.16. The van der Waals surface area contributed by atoms with Crippen LogP contribution >= 0.6 is 0 Å². The lowest BCUT2D eigenvalue weighted by atomic mass is 9.93. The highest BCUT2D eigenvalue weighted by atomic mass is 16.5. The Bertz CT molecular complexity index is 1070. The second-order valence-corrected chi connectivity index (χ2v) is 8.75. The summed E-state index contributed by atoms with van der Waals surface area (Å²) in [7, 11) is 1.54. The largest absolute Gasteiger partial charge is 0.507 e.